The van der Waals surface area contributed by atoms with Crippen molar-refractivity contribution in [3.63, 3.8) is 0 Å². The Kier molecular flexibility index (Phi) is 8.67. The molecular formula is C25H27N3O6. The second kappa shape index (κ2) is 12.1. The zero-order valence-corrected chi connectivity index (χ0v) is 19.1. The van der Waals surface area contributed by atoms with Crippen molar-refractivity contribution in [2.24, 2.45) is 0 Å². The number of hydrogen-bond acceptors (Lipinski definition) is 7. The van der Waals surface area contributed by atoms with Crippen LogP contribution < -0.4 is 19.1 Å². The summed E-state index contributed by atoms with van der Waals surface area (Å²) in [6.07, 6.45) is 0.954. The van der Waals surface area contributed by atoms with Crippen molar-refractivity contribution in [1.29, 1.82) is 0 Å². The summed E-state index contributed by atoms with van der Waals surface area (Å²) in [7, 11) is 3.40. The van der Waals surface area contributed by atoms with Crippen molar-refractivity contribution in [2.45, 2.75) is 6.54 Å². The van der Waals surface area contributed by atoms with Gasteiger partial charge in [-0.05, 0) is 42.0 Å². The fourth-order valence-electron chi connectivity index (χ4n) is 3.12. The quantitative estimate of drug-likeness (QED) is 0.458. The number of benzene rings is 2. The number of aliphatic carboxylic acids is 1. The standard InChI is InChI=1S/C25H27N3O6/c1-27(23-9-5-6-14-26-23)15-16-33-20-12-10-19(11-13-20)17-28(18-24(29)30)25(31)34-22-8-4-3-7-21(22)32-2/h3-14H,15-18H2,1-2H3,(H,29,30). The van der Waals surface area contributed by atoms with Gasteiger partial charge >= 0.3 is 12.1 Å². The molecule has 2 aromatic carbocycles. The van der Waals surface area contributed by atoms with Crippen molar-refractivity contribution < 1.29 is 28.9 Å². The van der Waals surface area contributed by atoms with E-state index in [9.17, 15) is 14.7 Å². The molecule has 0 saturated heterocycles. The Balaban J connectivity index is 1.57. The molecule has 0 fully saturated rings. The minimum Gasteiger partial charge on any atom is -0.493 e. The highest BCUT2D eigenvalue weighted by molar-refractivity contribution is 5.78. The van der Waals surface area contributed by atoms with Gasteiger partial charge in [0, 0.05) is 19.8 Å². The van der Waals surface area contributed by atoms with E-state index in [1.54, 1.807) is 54.7 Å². The Labute approximate surface area is 198 Å². The lowest BCUT2D eigenvalue weighted by molar-refractivity contribution is -0.138. The second-order valence-electron chi connectivity index (χ2n) is 7.37. The van der Waals surface area contributed by atoms with Gasteiger partial charge in [-0.25, -0.2) is 9.78 Å². The third-order valence-electron chi connectivity index (χ3n) is 4.88. The Bertz CT molecular complexity index is 1080. The van der Waals surface area contributed by atoms with E-state index in [0.717, 1.165) is 16.3 Å². The number of carbonyl (C=O) groups is 2. The highest BCUT2D eigenvalue weighted by Crippen LogP contribution is 2.26. The van der Waals surface area contributed by atoms with Crippen LogP contribution in [0.4, 0.5) is 10.6 Å². The monoisotopic (exact) mass is 465 g/mol. The van der Waals surface area contributed by atoms with E-state index in [-0.39, 0.29) is 12.3 Å². The topological polar surface area (TPSA) is 101 Å². The molecule has 34 heavy (non-hydrogen) atoms. The number of carbonyl (C=O) groups excluding carboxylic acids is 1. The molecule has 1 amide bonds. The molecule has 1 heterocycles. The smallest absolute Gasteiger partial charge is 0.416 e. The van der Waals surface area contributed by atoms with Gasteiger partial charge in [0.25, 0.3) is 0 Å². The van der Waals surface area contributed by atoms with Crippen LogP contribution in [0.25, 0.3) is 0 Å². The summed E-state index contributed by atoms with van der Waals surface area (Å²) in [5.41, 5.74) is 0.733. The Hall–Kier alpha value is -4.27. The minimum absolute atomic E-state index is 0.0585. The summed E-state index contributed by atoms with van der Waals surface area (Å²) in [5, 5.41) is 9.24. The number of ether oxygens (including phenoxy) is 3. The van der Waals surface area contributed by atoms with Crippen molar-refractivity contribution in [3.05, 3.63) is 78.5 Å². The van der Waals surface area contributed by atoms with Crippen molar-refractivity contribution in [1.82, 2.24) is 9.88 Å². The summed E-state index contributed by atoms with van der Waals surface area (Å²) in [5.74, 6) is 0.972. The van der Waals surface area contributed by atoms with E-state index >= 15 is 0 Å². The fourth-order valence-corrected chi connectivity index (χ4v) is 3.12. The van der Waals surface area contributed by atoms with Gasteiger partial charge in [0.2, 0.25) is 0 Å². The first-order valence-electron chi connectivity index (χ1n) is 10.6. The van der Waals surface area contributed by atoms with Crippen molar-refractivity contribution >= 4 is 17.9 Å². The van der Waals surface area contributed by atoms with E-state index in [0.29, 0.717) is 24.7 Å². The van der Waals surface area contributed by atoms with Gasteiger partial charge in [0.1, 0.15) is 24.7 Å². The molecule has 3 aromatic rings. The molecule has 0 saturated carbocycles. The summed E-state index contributed by atoms with van der Waals surface area (Å²) >= 11 is 0. The molecular weight excluding hydrogens is 438 g/mol. The maximum atomic E-state index is 12.7. The van der Waals surface area contributed by atoms with E-state index in [1.165, 1.54) is 7.11 Å². The average Bonchev–Trinajstić information content (AvgIpc) is 2.85. The molecule has 0 spiro atoms. The third kappa shape index (κ3) is 7.13. The van der Waals surface area contributed by atoms with Gasteiger partial charge in [-0.15, -0.1) is 0 Å². The zero-order valence-electron chi connectivity index (χ0n) is 19.1. The normalized spacial score (nSPS) is 10.3. The zero-order chi connectivity index (χ0) is 24.3. The average molecular weight is 466 g/mol. The fraction of sp³-hybridized carbons (Fsp3) is 0.240. The summed E-state index contributed by atoms with van der Waals surface area (Å²) < 4.78 is 16.3. The maximum absolute atomic E-state index is 12.7. The van der Waals surface area contributed by atoms with E-state index < -0.39 is 18.6 Å². The largest absolute Gasteiger partial charge is 0.493 e. The third-order valence-corrected chi connectivity index (χ3v) is 4.88. The number of carboxylic acids is 1. The lowest BCUT2D eigenvalue weighted by atomic mass is 10.2. The highest BCUT2D eigenvalue weighted by atomic mass is 16.6. The van der Waals surface area contributed by atoms with Crippen LogP contribution in [0.1, 0.15) is 5.56 Å². The molecule has 178 valence electrons. The number of para-hydroxylation sites is 2. The van der Waals surface area contributed by atoms with Gasteiger partial charge in [0.15, 0.2) is 11.5 Å². The molecule has 1 aromatic heterocycles. The van der Waals surface area contributed by atoms with Crippen molar-refractivity contribution in [2.75, 3.05) is 38.8 Å². The van der Waals surface area contributed by atoms with Gasteiger partial charge in [0.05, 0.1) is 13.7 Å². The Morgan fingerprint density at radius 3 is 2.32 bits per heavy atom. The Morgan fingerprint density at radius 2 is 1.68 bits per heavy atom. The molecule has 0 unspecified atom stereocenters. The summed E-state index contributed by atoms with van der Waals surface area (Å²) in [6.45, 7) is 0.664. The van der Waals surface area contributed by atoms with Crippen LogP contribution in [-0.2, 0) is 11.3 Å². The van der Waals surface area contributed by atoms with Gasteiger partial charge in [-0.2, -0.15) is 0 Å². The van der Waals surface area contributed by atoms with E-state index in [2.05, 4.69) is 4.98 Å². The number of carboxylic acid groups (broad SMARTS) is 1. The summed E-state index contributed by atoms with van der Waals surface area (Å²) in [4.78, 5) is 31.4. The number of likely N-dealkylation sites (N-methyl/N-ethyl adjacent to an activating group) is 1. The number of methoxy groups -OCH3 is 1. The van der Waals surface area contributed by atoms with Crippen LogP contribution in [0.2, 0.25) is 0 Å². The van der Waals surface area contributed by atoms with Crippen LogP contribution in [0, 0.1) is 0 Å². The first-order chi connectivity index (χ1) is 16.5. The van der Waals surface area contributed by atoms with E-state index in [1.807, 2.05) is 30.1 Å². The number of amides is 1. The molecule has 0 radical (unpaired) electrons. The number of anilines is 1. The molecule has 1 N–H and O–H groups in total. The summed E-state index contributed by atoms with van der Waals surface area (Å²) in [6, 6.07) is 19.5. The lowest BCUT2D eigenvalue weighted by Crippen LogP contribution is -2.37. The number of aromatic nitrogens is 1. The van der Waals surface area contributed by atoms with Gasteiger partial charge in [-0.1, -0.05) is 30.3 Å². The van der Waals surface area contributed by atoms with Crippen LogP contribution in [-0.4, -0.2) is 60.9 Å². The van der Waals surface area contributed by atoms with E-state index in [4.69, 9.17) is 14.2 Å². The second-order valence-corrected chi connectivity index (χ2v) is 7.37. The first kappa shape index (κ1) is 24.4. The van der Waals surface area contributed by atoms with Crippen LogP contribution >= 0.6 is 0 Å². The van der Waals surface area contributed by atoms with Gasteiger partial charge in [-0.3, -0.25) is 9.69 Å². The molecule has 0 atom stereocenters. The van der Waals surface area contributed by atoms with Gasteiger partial charge < -0.3 is 24.2 Å². The molecule has 0 bridgehead atoms. The SMILES string of the molecule is COc1ccccc1OC(=O)N(CC(=O)O)Cc1ccc(OCCN(C)c2ccccn2)cc1. The molecule has 3 rings (SSSR count). The molecule has 9 nitrogen and oxygen atoms in total. The van der Waals surface area contributed by atoms with Crippen molar-refractivity contribution in [3.8, 4) is 17.2 Å². The van der Waals surface area contributed by atoms with Crippen LogP contribution in [0.5, 0.6) is 17.2 Å². The first-order valence-corrected chi connectivity index (χ1v) is 10.6. The highest BCUT2D eigenvalue weighted by Gasteiger charge is 2.21. The molecule has 9 heteroatoms. The molecule has 0 aliphatic carbocycles. The number of pyridine rings is 1. The molecule has 0 aliphatic rings. The number of nitrogens with zero attached hydrogens (tertiary/aromatic N) is 3. The number of hydrogen-bond donors (Lipinski definition) is 1. The van der Waals surface area contributed by atoms with Crippen LogP contribution in [0.15, 0.2) is 72.9 Å². The molecule has 0 aliphatic heterocycles. The number of rotatable bonds is 11. The predicted molar refractivity (Wildman–Crippen MR) is 127 cm³/mol. The Morgan fingerprint density at radius 1 is 0.971 bits per heavy atom. The predicted octanol–water partition coefficient (Wildman–Crippen LogP) is 3.69. The maximum Gasteiger partial charge on any atom is 0.416 e. The van der Waals surface area contributed by atoms with Crippen LogP contribution in [0.3, 0.4) is 0 Å². The lowest BCUT2D eigenvalue weighted by Gasteiger charge is -2.21. The minimum atomic E-state index is -1.14.